The second-order valence-corrected chi connectivity index (χ2v) is 2.72. The molecule has 0 fully saturated rings. The van der Waals surface area contributed by atoms with Gasteiger partial charge >= 0.3 is 11.1 Å². The lowest BCUT2D eigenvalue weighted by molar-refractivity contribution is 0.185. The molecular weight excluding hydrogens is 194 g/mol. The van der Waals surface area contributed by atoms with Crippen molar-refractivity contribution in [1.82, 2.24) is 14.8 Å². The average molecular weight is 203 g/mol. The summed E-state index contributed by atoms with van der Waals surface area (Å²) >= 11 is 4.79. The van der Waals surface area contributed by atoms with E-state index in [2.05, 4.69) is 10.2 Å². The molecule has 13 heavy (non-hydrogen) atoms. The van der Waals surface area contributed by atoms with Gasteiger partial charge in [0.05, 0.1) is 13.2 Å². The van der Waals surface area contributed by atoms with Gasteiger partial charge < -0.3 is 4.74 Å². The van der Waals surface area contributed by atoms with Gasteiger partial charge in [-0.25, -0.2) is 0 Å². The summed E-state index contributed by atoms with van der Waals surface area (Å²) in [5.74, 6) is 0. The lowest BCUT2D eigenvalue weighted by atomic mass is 10.6. The number of hydrogen-bond donors (Lipinski definition) is 2. The first-order valence-electron chi connectivity index (χ1n) is 3.57. The van der Waals surface area contributed by atoms with E-state index in [1.165, 1.54) is 7.11 Å². The fraction of sp³-hybridized carbons (Fsp3) is 0.500. The first kappa shape index (κ1) is 9.87. The van der Waals surface area contributed by atoms with Crippen LogP contribution in [0, 0.1) is 4.77 Å². The van der Waals surface area contributed by atoms with E-state index in [0.29, 0.717) is 6.61 Å². The van der Waals surface area contributed by atoms with Crippen LogP contribution in [-0.2, 0) is 11.3 Å². The van der Waals surface area contributed by atoms with E-state index in [0.717, 1.165) is 4.57 Å². The molecule has 1 aromatic rings. The van der Waals surface area contributed by atoms with Crippen LogP contribution >= 0.6 is 12.2 Å². The maximum absolute atomic E-state index is 11.2. The quantitative estimate of drug-likeness (QED) is 0.500. The normalized spacial score (nSPS) is 10.2. The molecule has 0 aliphatic rings. The number of H-pyrrole nitrogens is 2. The van der Waals surface area contributed by atoms with Crippen LogP contribution in [0.15, 0.2) is 9.59 Å². The molecule has 0 saturated carbocycles. The van der Waals surface area contributed by atoms with Gasteiger partial charge in [0.2, 0.25) is 0 Å². The van der Waals surface area contributed by atoms with E-state index in [-0.39, 0.29) is 11.3 Å². The van der Waals surface area contributed by atoms with Crippen molar-refractivity contribution in [2.75, 3.05) is 13.7 Å². The Bertz CT molecular complexity index is 443. The van der Waals surface area contributed by atoms with Gasteiger partial charge in [-0.3, -0.25) is 24.4 Å². The van der Waals surface area contributed by atoms with Crippen molar-refractivity contribution in [1.29, 1.82) is 0 Å². The number of nitrogens with zero attached hydrogens (tertiary/aromatic N) is 1. The lowest BCUT2D eigenvalue weighted by Gasteiger charge is -2.02. The molecule has 0 spiro atoms. The van der Waals surface area contributed by atoms with E-state index >= 15 is 0 Å². The molecule has 72 valence electrons. The van der Waals surface area contributed by atoms with Crippen molar-refractivity contribution < 1.29 is 4.74 Å². The molecule has 0 aliphatic carbocycles. The number of methoxy groups -OCH3 is 1. The fourth-order valence-electron chi connectivity index (χ4n) is 0.832. The van der Waals surface area contributed by atoms with Gasteiger partial charge in [0, 0.05) is 7.11 Å². The van der Waals surface area contributed by atoms with Crippen LogP contribution in [0.3, 0.4) is 0 Å². The maximum atomic E-state index is 11.2. The highest BCUT2D eigenvalue weighted by molar-refractivity contribution is 7.71. The number of aromatic nitrogens is 3. The van der Waals surface area contributed by atoms with E-state index in [1.807, 2.05) is 0 Å². The topological polar surface area (TPSA) is 79.9 Å². The van der Waals surface area contributed by atoms with Crippen molar-refractivity contribution >= 4 is 12.2 Å². The molecule has 0 unspecified atom stereocenters. The van der Waals surface area contributed by atoms with Gasteiger partial charge in [-0.2, -0.15) is 0 Å². The Labute approximate surface area is 78.2 Å². The molecule has 1 heterocycles. The second-order valence-electron chi connectivity index (χ2n) is 2.33. The van der Waals surface area contributed by atoms with Crippen LogP contribution in [0.25, 0.3) is 0 Å². The molecule has 0 bridgehead atoms. The Morgan fingerprint density at radius 3 is 2.77 bits per heavy atom. The molecule has 0 radical (unpaired) electrons. The molecule has 0 amide bonds. The van der Waals surface area contributed by atoms with Crippen molar-refractivity contribution in [2.45, 2.75) is 6.54 Å². The second kappa shape index (κ2) is 4.15. The van der Waals surface area contributed by atoms with Gasteiger partial charge in [0.25, 0.3) is 0 Å². The third-order valence-electron chi connectivity index (χ3n) is 1.49. The Balaban J connectivity index is 3.19. The molecular formula is C6H9N3O3S. The van der Waals surface area contributed by atoms with Crippen molar-refractivity contribution in [3.63, 3.8) is 0 Å². The van der Waals surface area contributed by atoms with E-state index in [9.17, 15) is 9.59 Å². The molecule has 0 atom stereocenters. The summed E-state index contributed by atoms with van der Waals surface area (Å²) in [7, 11) is 1.50. The largest absolute Gasteiger partial charge is 0.383 e. The highest BCUT2D eigenvalue weighted by Crippen LogP contribution is 1.79. The van der Waals surface area contributed by atoms with Gasteiger partial charge in [0.15, 0.2) is 4.77 Å². The molecule has 6 nitrogen and oxygen atoms in total. The zero-order chi connectivity index (χ0) is 9.84. The summed E-state index contributed by atoms with van der Waals surface area (Å²) < 4.78 is 6.10. The minimum absolute atomic E-state index is 0.182. The van der Waals surface area contributed by atoms with E-state index < -0.39 is 11.1 Å². The van der Waals surface area contributed by atoms with Crippen LogP contribution in [0.2, 0.25) is 0 Å². The average Bonchev–Trinajstić information content (AvgIpc) is 2.12. The molecule has 1 rings (SSSR count). The van der Waals surface area contributed by atoms with E-state index in [1.54, 1.807) is 0 Å². The first-order valence-corrected chi connectivity index (χ1v) is 3.98. The molecule has 1 aromatic heterocycles. The predicted molar refractivity (Wildman–Crippen MR) is 48.4 cm³/mol. The SMILES string of the molecule is COCCn1c(=S)[nH][nH]c(=O)c1=O. The highest BCUT2D eigenvalue weighted by Gasteiger charge is 2.00. The number of nitrogens with one attached hydrogen (secondary N) is 2. The fourth-order valence-corrected chi connectivity index (χ4v) is 1.06. The number of aromatic amines is 2. The minimum Gasteiger partial charge on any atom is -0.383 e. The molecule has 0 aliphatic heterocycles. The lowest BCUT2D eigenvalue weighted by Crippen LogP contribution is -2.38. The van der Waals surface area contributed by atoms with Crippen LogP contribution in [0.4, 0.5) is 0 Å². The number of hydrogen-bond acceptors (Lipinski definition) is 4. The van der Waals surface area contributed by atoms with Crippen molar-refractivity contribution in [2.24, 2.45) is 0 Å². The summed E-state index contributed by atoms with van der Waals surface area (Å²) in [4.78, 5) is 22.0. The monoisotopic (exact) mass is 203 g/mol. The third kappa shape index (κ3) is 2.13. The van der Waals surface area contributed by atoms with Gasteiger partial charge in [-0.05, 0) is 12.2 Å². The highest BCUT2D eigenvalue weighted by atomic mass is 32.1. The van der Waals surface area contributed by atoms with Crippen molar-refractivity contribution in [3.8, 4) is 0 Å². The Morgan fingerprint density at radius 2 is 2.15 bits per heavy atom. The van der Waals surface area contributed by atoms with Crippen LogP contribution in [0.1, 0.15) is 0 Å². The number of ether oxygens (including phenoxy) is 1. The van der Waals surface area contributed by atoms with Gasteiger partial charge in [0.1, 0.15) is 0 Å². The minimum atomic E-state index is -0.718. The first-order chi connectivity index (χ1) is 6.16. The Morgan fingerprint density at radius 1 is 1.46 bits per heavy atom. The van der Waals surface area contributed by atoms with Crippen LogP contribution < -0.4 is 11.1 Å². The van der Waals surface area contributed by atoms with E-state index in [4.69, 9.17) is 17.0 Å². The molecule has 2 N–H and O–H groups in total. The summed E-state index contributed by atoms with van der Waals surface area (Å²) in [6, 6.07) is 0. The standard InChI is InChI=1S/C6H9N3O3S/c1-12-3-2-9-5(11)4(10)7-8-6(9)13/h2-3H2,1H3,(H,7,10)(H,8,13). The van der Waals surface area contributed by atoms with Crippen LogP contribution in [-0.4, -0.2) is 28.5 Å². The Kier molecular flexibility index (Phi) is 3.15. The van der Waals surface area contributed by atoms with Crippen LogP contribution in [0.5, 0.6) is 0 Å². The Hall–Kier alpha value is -1.21. The smallest absolute Gasteiger partial charge is 0.328 e. The van der Waals surface area contributed by atoms with Gasteiger partial charge in [-0.1, -0.05) is 0 Å². The summed E-state index contributed by atoms with van der Waals surface area (Å²) in [6.45, 7) is 0.607. The molecule has 7 heteroatoms. The predicted octanol–water partition coefficient (Wildman–Crippen LogP) is -0.759. The summed E-state index contributed by atoms with van der Waals surface area (Å²) in [6.07, 6.45) is 0. The summed E-state index contributed by atoms with van der Waals surface area (Å²) in [5, 5.41) is 4.53. The molecule has 0 saturated heterocycles. The summed E-state index contributed by atoms with van der Waals surface area (Å²) in [5.41, 5.74) is -1.38. The number of rotatable bonds is 3. The van der Waals surface area contributed by atoms with Gasteiger partial charge in [-0.15, -0.1) is 0 Å². The maximum Gasteiger partial charge on any atom is 0.328 e. The zero-order valence-electron chi connectivity index (χ0n) is 6.99. The third-order valence-corrected chi connectivity index (χ3v) is 1.81. The molecule has 0 aromatic carbocycles. The zero-order valence-corrected chi connectivity index (χ0v) is 7.81. The van der Waals surface area contributed by atoms with Crippen molar-refractivity contribution in [3.05, 3.63) is 25.5 Å².